The van der Waals surface area contributed by atoms with Gasteiger partial charge >= 0.3 is 0 Å². The zero-order valence-corrected chi connectivity index (χ0v) is 14.2. The van der Waals surface area contributed by atoms with Crippen LogP contribution in [0.3, 0.4) is 0 Å². The lowest BCUT2D eigenvalue weighted by Crippen LogP contribution is -2.58. The highest BCUT2D eigenvalue weighted by molar-refractivity contribution is 4.98. The third-order valence-electron chi connectivity index (χ3n) is 5.90. The molecule has 1 saturated heterocycles. The number of unbranched alkanes of at least 4 members (excludes halogenated alkanes) is 6. The maximum Gasteiger partial charge on any atom is 0.0249 e. The molecule has 2 heteroatoms. The predicted molar refractivity (Wildman–Crippen MR) is 90.6 cm³/mol. The van der Waals surface area contributed by atoms with Gasteiger partial charge in [-0.2, -0.15) is 0 Å². The number of nitrogens with one attached hydrogen (secondary N) is 1. The highest BCUT2D eigenvalue weighted by Gasteiger charge is 2.42. The molecule has 0 aromatic heterocycles. The fourth-order valence-electron chi connectivity index (χ4n) is 4.14. The molecule has 21 heavy (non-hydrogen) atoms. The van der Waals surface area contributed by atoms with Crippen LogP contribution < -0.4 is 5.32 Å². The lowest BCUT2D eigenvalue weighted by Gasteiger charge is -2.41. The summed E-state index contributed by atoms with van der Waals surface area (Å²) in [6, 6.07) is 1.70. The zero-order chi connectivity index (χ0) is 14.5. The second kappa shape index (κ2) is 7.97. The van der Waals surface area contributed by atoms with Gasteiger partial charge in [-0.3, -0.25) is 4.90 Å². The van der Waals surface area contributed by atoms with Crippen LogP contribution in [0.1, 0.15) is 77.6 Å². The Balaban J connectivity index is 1.34. The lowest BCUT2D eigenvalue weighted by atomic mass is 10.0. The monoisotopic (exact) mass is 292 g/mol. The molecule has 2 saturated carbocycles. The normalized spacial score (nSPS) is 30.7. The van der Waals surface area contributed by atoms with Gasteiger partial charge in [-0.05, 0) is 50.5 Å². The number of hydrogen-bond donors (Lipinski definition) is 1. The summed E-state index contributed by atoms with van der Waals surface area (Å²) in [5, 5.41) is 3.87. The SMILES string of the molecule is CCCCCCCCCN1CC(C2CC2)NCC1C1CC1. The van der Waals surface area contributed by atoms with Gasteiger partial charge in [0.05, 0.1) is 0 Å². The Morgan fingerprint density at radius 1 is 0.857 bits per heavy atom. The molecule has 122 valence electrons. The molecule has 1 N–H and O–H groups in total. The van der Waals surface area contributed by atoms with E-state index in [0.29, 0.717) is 0 Å². The fraction of sp³-hybridized carbons (Fsp3) is 1.00. The van der Waals surface area contributed by atoms with Crippen LogP contribution in [0.4, 0.5) is 0 Å². The number of hydrogen-bond acceptors (Lipinski definition) is 2. The molecular formula is C19H36N2. The topological polar surface area (TPSA) is 15.3 Å². The van der Waals surface area contributed by atoms with E-state index in [1.807, 2.05) is 0 Å². The molecule has 3 fully saturated rings. The van der Waals surface area contributed by atoms with E-state index in [4.69, 9.17) is 0 Å². The molecular weight excluding hydrogens is 256 g/mol. The molecule has 0 aromatic carbocycles. The van der Waals surface area contributed by atoms with Crippen LogP contribution in [0.25, 0.3) is 0 Å². The Hall–Kier alpha value is -0.0800. The van der Waals surface area contributed by atoms with Crippen molar-refractivity contribution in [3.05, 3.63) is 0 Å². The van der Waals surface area contributed by atoms with E-state index in [2.05, 4.69) is 17.1 Å². The van der Waals surface area contributed by atoms with E-state index in [9.17, 15) is 0 Å². The molecule has 0 aromatic rings. The highest BCUT2D eigenvalue weighted by atomic mass is 15.2. The average molecular weight is 293 g/mol. The first-order valence-electron chi connectivity index (χ1n) is 9.86. The maximum absolute atomic E-state index is 3.87. The van der Waals surface area contributed by atoms with Crippen molar-refractivity contribution in [3.8, 4) is 0 Å². The van der Waals surface area contributed by atoms with Crippen molar-refractivity contribution in [2.75, 3.05) is 19.6 Å². The Kier molecular flexibility index (Phi) is 5.99. The minimum atomic E-state index is 0.824. The third-order valence-corrected chi connectivity index (χ3v) is 5.90. The van der Waals surface area contributed by atoms with Crippen molar-refractivity contribution in [1.29, 1.82) is 0 Å². The minimum Gasteiger partial charge on any atom is -0.311 e. The van der Waals surface area contributed by atoms with Crippen LogP contribution in [-0.4, -0.2) is 36.6 Å². The third kappa shape index (κ3) is 4.96. The van der Waals surface area contributed by atoms with Crippen molar-refractivity contribution in [2.45, 2.75) is 89.6 Å². The number of piperazine rings is 1. The van der Waals surface area contributed by atoms with Crippen LogP contribution in [-0.2, 0) is 0 Å². The first-order chi connectivity index (χ1) is 10.4. The zero-order valence-electron chi connectivity index (χ0n) is 14.2. The molecule has 2 atom stereocenters. The Bertz CT molecular complexity index is 296. The first-order valence-corrected chi connectivity index (χ1v) is 9.86. The van der Waals surface area contributed by atoms with Gasteiger partial charge in [-0.15, -0.1) is 0 Å². The van der Waals surface area contributed by atoms with E-state index in [-0.39, 0.29) is 0 Å². The molecule has 3 aliphatic rings. The van der Waals surface area contributed by atoms with E-state index >= 15 is 0 Å². The summed E-state index contributed by atoms with van der Waals surface area (Å²) in [7, 11) is 0. The lowest BCUT2D eigenvalue weighted by molar-refractivity contribution is 0.105. The van der Waals surface area contributed by atoms with Crippen LogP contribution in [0.5, 0.6) is 0 Å². The van der Waals surface area contributed by atoms with Crippen molar-refractivity contribution in [1.82, 2.24) is 10.2 Å². The molecule has 2 nitrogen and oxygen atoms in total. The molecule has 2 unspecified atom stereocenters. The van der Waals surface area contributed by atoms with Crippen molar-refractivity contribution in [3.63, 3.8) is 0 Å². The highest BCUT2D eigenvalue weighted by Crippen LogP contribution is 2.39. The molecule has 0 radical (unpaired) electrons. The van der Waals surface area contributed by atoms with Gasteiger partial charge in [0.2, 0.25) is 0 Å². The van der Waals surface area contributed by atoms with Gasteiger partial charge < -0.3 is 5.32 Å². The molecule has 1 aliphatic heterocycles. The largest absolute Gasteiger partial charge is 0.311 e. The smallest absolute Gasteiger partial charge is 0.0249 e. The quantitative estimate of drug-likeness (QED) is 0.607. The fourth-order valence-corrected chi connectivity index (χ4v) is 4.14. The Morgan fingerprint density at radius 2 is 1.52 bits per heavy atom. The van der Waals surface area contributed by atoms with Crippen molar-refractivity contribution in [2.24, 2.45) is 11.8 Å². The van der Waals surface area contributed by atoms with E-state index < -0.39 is 0 Å². The molecule has 0 amide bonds. The summed E-state index contributed by atoms with van der Waals surface area (Å²) < 4.78 is 0. The van der Waals surface area contributed by atoms with Crippen LogP contribution in [0, 0.1) is 11.8 Å². The van der Waals surface area contributed by atoms with Gasteiger partial charge in [-0.25, -0.2) is 0 Å². The summed E-state index contributed by atoms with van der Waals surface area (Å²) in [5.41, 5.74) is 0. The summed E-state index contributed by atoms with van der Waals surface area (Å²) in [6.45, 7) is 6.31. The maximum atomic E-state index is 3.87. The number of rotatable bonds is 10. The van der Waals surface area contributed by atoms with Crippen LogP contribution in [0.15, 0.2) is 0 Å². The summed E-state index contributed by atoms with van der Waals surface area (Å²) in [4.78, 5) is 2.88. The van der Waals surface area contributed by atoms with E-state index in [1.165, 1.54) is 90.3 Å². The van der Waals surface area contributed by atoms with Gasteiger partial charge in [0.25, 0.3) is 0 Å². The standard InChI is InChI=1S/C19H36N2/c1-2-3-4-5-6-7-8-13-21-15-18(16-9-10-16)20-14-19(21)17-11-12-17/h16-20H,2-15H2,1H3. The van der Waals surface area contributed by atoms with E-state index in [1.54, 1.807) is 0 Å². The summed E-state index contributed by atoms with van der Waals surface area (Å²) in [5.74, 6) is 2.05. The van der Waals surface area contributed by atoms with Crippen molar-refractivity contribution < 1.29 is 0 Å². The summed E-state index contributed by atoms with van der Waals surface area (Å²) >= 11 is 0. The van der Waals surface area contributed by atoms with E-state index in [0.717, 1.165) is 23.9 Å². The van der Waals surface area contributed by atoms with Gasteiger partial charge in [0, 0.05) is 25.2 Å². The van der Waals surface area contributed by atoms with Crippen LogP contribution in [0.2, 0.25) is 0 Å². The van der Waals surface area contributed by atoms with Gasteiger partial charge in [0.1, 0.15) is 0 Å². The summed E-state index contributed by atoms with van der Waals surface area (Å²) in [6.07, 6.45) is 16.0. The number of nitrogens with zero attached hydrogens (tertiary/aromatic N) is 1. The van der Waals surface area contributed by atoms with Gasteiger partial charge in [0.15, 0.2) is 0 Å². The van der Waals surface area contributed by atoms with Crippen LogP contribution >= 0.6 is 0 Å². The second-order valence-corrected chi connectivity index (χ2v) is 7.87. The van der Waals surface area contributed by atoms with Gasteiger partial charge in [-0.1, -0.05) is 45.4 Å². The average Bonchev–Trinajstić information content (AvgIpc) is 3.39. The molecule has 2 aliphatic carbocycles. The Morgan fingerprint density at radius 3 is 2.19 bits per heavy atom. The first kappa shape index (κ1) is 15.8. The molecule has 1 heterocycles. The molecule has 3 rings (SSSR count). The van der Waals surface area contributed by atoms with Crippen molar-refractivity contribution >= 4 is 0 Å². The predicted octanol–water partition coefficient (Wildman–Crippen LogP) is 4.20. The second-order valence-electron chi connectivity index (χ2n) is 7.87. The molecule has 0 bridgehead atoms. The molecule has 0 spiro atoms. The Labute approximate surface area is 132 Å². The minimum absolute atomic E-state index is 0.824.